The second-order valence-corrected chi connectivity index (χ2v) is 7.42. The monoisotopic (exact) mass is 350 g/mol. The Balaban J connectivity index is 1.77. The van der Waals surface area contributed by atoms with Crippen LogP contribution in [0.15, 0.2) is 12.2 Å². The van der Waals surface area contributed by atoms with Gasteiger partial charge in [-0.15, -0.1) is 0 Å². The second kappa shape index (κ2) is 15.2. The standard InChI is InChI=1S/C22H38O3/c1-2-3-4-5-6-7-8-9-10-11-12-13-14-15-16-17-18-20-19-21(23)25-22(20)24/h17-18,20H,2-16,19H2,1H3/b18-17+/t20-/m1/s1. The number of allylic oxidation sites excluding steroid dienone is 1. The molecule has 0 amide bonds. The maximum absolute atomic E-state index is 11.3. The van der Waals surface area contributed by atoms with Crippen molar-refractivity contribution < 1.29 is 14.3 Å². The van der Waals surface area contributed by atoms with Crippen LogP contribution in [0.1, 0.15) is 110 Å². The fourth-order valence-electron chi connectivity index (χ4n) is 3.36. The second-order valence-electron chi connectivity index (χ2n) is 7.42. The van der Waals surface area contributed by atoms with Crippen LogP contribution >= 0.6 is 0 Å². The minimum Gasteiger partial charge on any atom is -0.393 e. The number of unbranched alkanes of at least 4 members (excludes halogenated alkanes) is 14. The Labute approximate surface area is 154 Å². The van der Waals surface area contributed by atoms with Crippen LogP contribution in [0.4, 0.5) is 0 Å². The number of hydrogen-bond acceptors (Lipinski definition) is 3. The summed E-state index contributed by atoms with van der Waals surface area (Å²) in [6.45, 7) is 2.27. The van der Waals surface area contributed by atoms with E-state index in [0.29, 0.717) is 0 Å². The molecule has 0 aromatic carbocycles. The summed E-state index contributed by atoms with van der Waals surface area (Å²) in [5.41, 5.74) is 0. The Kier molecular flexibility index (Phi) is 13.3. The molecule has 0 unspecified atom stereocenters. The van der Waals surface area contributed by atoms with E-state index >= 15 is 0 Å². The van der Waals surface area contributed by atoms with Gasteiger partial charge in [0, 0.05) is 0 Å². The molecule has 1 heterocycles. The first kappa shape index (κ1) is 21.9. The highest BCUT2D eigenvalue weighted by Crippen LogP contribution is 2.18. The first-order chi connectivity index (χ1) is 12.2. The van der Waals surface area contributed by atoms with Crippen molar-refractivity contribution in [1.82, 2.24) is 0 Å². The molecule has 1 aliphatic heterocycles. The van der Waals surface area contributed by atoms with Gasteiger partial charge >= 0.3 is 11.9 Å². The average Bonchev–Trinajstić information content (AvgIpc) is 2.92. The van der Waals surface area contributed by atoms with Gasteiger partial charge in [-0.25, -0.2) is 0 Å². The van der Waals surface area contributed by atoms with E-state index in [-0.39, 0.29) is 18.3 Å². The molecular weight excluding hydrogens is 312 g/mol. The summed E-state index contributed by atoms with van der Waals surface area (Å²) in [5.74, 6) is -1.11. The number of carbonyl (C=O) groups is 2. The van der Waals surface area contributed by atoms with E-state index in [1.54, 1.807) is 0 Å². The maximum atomic E-state index is 11.3. The number of rotatable bonds is 16. The molecule has 1 atom stereocenters. The fourth-order valence-corrected chi connectivity index (χ4v) is 3.36. The summed E-state index contributed by atoms with van der Waals surface area (Å²) < 4.78 is 4.52. The molecule has 0 aliphatic carbocycles. The van der Waals surface area contributed by atoms with E-state index in [1.165, 1.54) is 89.9 Å². The summed E-state index contributed by atoms with van der Waals surface area (Å²) in [7, 11) is 0. The van der Waals surface area contributed by atoms with Gasteiger partial charge in [-0.1, -0.05) is 103 Å². The summed E-state index contributed by atoms with van der Waals surface area (Å²) in [4.78, 5) is 22.2. The number of carbonyl (C=O) groups excluding carboxylic acids is 2. The van der Waals surface area contributed by atoms with Crippen molar-refractivity contribution in [3.8, 4) is 0 Å². The molecule has 1 fully saturated rings. The smallest absolute Gasteiger partial charge is 0.321 e. The lowest BCUT2D eigenvalue weighted by Gasteiger charge is -2.03. The lowest BCUT2D eigenvalue weighted by atomic mass is 10.0. The minimum atomic E-state index is -0.392. The number of ether oxygens (including phenoxy) is 1. The molecule has 1 saturated heterocycles. The lowest BCUT2D eigenvalue weighted by Crippen LogP contribution is -2.03. The third-order valence-electron chi connectivity index (χ3n) is 5.00. The third kappa shape index (κ3) is 12.0. The summed E-state index contributed by atoms with van der Waals surface area (Å²) in [6, 6.07) is 0. The normalized spacial score (nSPS) is 17.6. The molecule has 144 valence electrons. The van der Waals surface area contributed by atoms with Crippen LogP contribution in [-0.2, 0) is 14.3 Å². The molecule has 1 rings (SSSR count). The number of esters is 2. The predicted molar refractivity (Wildman–Crippen MR) is 103 cm³/mol. The zero-order valence-electron chi connectivity index (χ0n) is 16.3. The highest BCUT2D eigenvalue weighted by atomic mass is 16.6. The summed E-state index contributed by atoms with van der Waals surface area (Å²) >= 11 is 0. The Bertz CT molecular complexity index is 387. The van der Waals surface area contributed by atoms with Gasteiger partial charge in [0.15, 0.2) is 0 Å². The van der Waals surface area contributed by atoms with Crippen LogP contribution in [-0.4, -0.2) is 11.9 Å². The molecule has 3 nitrogen and oxygen atoms in total. The van der Waals surface area contributed by atoms with Gasteiger partial charge in [-0.3, -0.25) is 9.59 Å². The molecule has 0 aromatic rings. The zero-order chi connectivity index (χ0) is 18.2. The van der Waals surface area contributed by atoms with Gasteiger partial charge in [0.25, 0.3) is 0 Å². The Hall–Kier alpha value is -1.12. The quantitative estimate of drug-likeness (QED) is 0.138. The molecule has 0 N–H and O–H groups in total. The highest BCUT2D eigenvalue weighted by Gasteiger charge is 2.30. The topological polar surface area (TPSA) is 43.4 Å². The van der Waals surface area contributed by atoms with Crippen LogP contribution in [0.2, 0.25) is 0 Å². The van der Waals surface area contributed by atoms with Gasteiger partial charge < -0.3 is 4.74 Å². The molecule has 0 bridgehead atoms. The molecule has 1 aliphatic rings. The van der Waals surface area contributed by atoms with Crippen molar-refractivity contribution in [3.05, 3.63) is 12.2 Å². The minimum absolute atomic E-state index is 0.216. The third-order valence-corrected chi connectivity index (χ3v) is 5.00. The average molecular weight is 351 g/mol. The van der Waals surface area contributed by atoms with E-state index in [2.05, 4.69) is 11.7 Å². The molecule has 0 saturated carbocycles. The molecule has 3 heteroatoms. The van der Waals surface area contributed by atoms with E-state index in [0.717, 1.165) is 6.42 Å². The molecule has 0 radical (unpaired) electrons. The van der Waals surface area contributed by atoms with Crippen molar-refractivity contribution >= 4 is 11.9 Å². The maximum Gasteiger partial charge on any atom is 0.321 e. The Morgan fingerprint density at radius 1 is 0.800 bits per heavy atom. The summed E-state index contributed by atoms with van der Waals surface area (Å²) in [6.07, 6.45) is 24.2. The molecule has 25 heavy (non-hydrogen) atoms. The van der Waals surface area contributed by atoms with Crippen LogP contribution in [0, 0.1) is 5.92 Å². The van der Waals surface area contributed by atoms with Gasteiger partial charge in [-0.2, -0.15) is 0 Å². The van der Waals surface area contributed by atoms with Crippen molar-refractivity contribution in [2.24, 2.45) is 5.92 Å². The van der Waals surface area contributed by atoms with E-state index in [4.69, 9.17) is 0 Å². The van der Waals surface area contributed by atoms with Crippen LogP contribution in [0.25, 0.3) is 0 Å². The first-order valence-corrected chi connectivity index (χ1v) is 10.6. The van der Waals surface area contributed by atoms with Crippen LogP contribution in [0.3, 0.4) is 0 Å². The highest BCUT2D eigenvalue weighted by molar-refractivity contribution is 5.95. The molecular formula is C22H38O3. The fraction of sp³-hybridized carbons (Fsp3) is 0.818. The zero-order valence-corrected chi connectivity index (χ0v) is 16.3. The van der Waals surface area contributed by atoms with Gasteiger partial charge in [0.05, 0.1) is 12.3 Å². The SMILES string of the molecule is CCCCCCCCCCCCCCCC/C=C/[C@@H]1CC(=O)OC1=O. The van der Waals surface area contributed by atoms with Crippen LogP contribution < -0.4 is 0 Å². The number of cyclic esters (lactones) is 2. The van der Waals surface area contributed by atoms with Gasteiger partial charge in [0.2, 0.25) is 0 Å². The first-order valence-electron chi connectivity index (χ1n) is 10.6. The Morgan fingerprint density at radius 2 is 1.28 bits per heavy atom. The summed E-state index contributed by atoms with van der Waals surface area (Å²) in [5, 5.41) is 0. The van der Waals surface area contributed by atoms with Crippen molar-refractivity contribution in [1.29, 1.82) is 0 Å². The van der Waals surface area contributed by atoms with Crippen molar-refractivity contribution in [2.75, 3.05) is 0 Å². The predicted octanol–water partition coefficient (Wildman–Crippen LogP) is 6.50. The van der Waals surface area contributed by atoms with E-state index in [1.807, 2.05) is 12.2 Å². The van der Waals surface area contributed by atoms with E-state index in [9.17, 15) is 9.59 Å². The van der Waals surface area contributed by atoms with E-state index < -0.39 is 5.97 Å². The van der Waals surface area contributed by atoms with Gasteiger partial charge in [-0.05, 0) is 12.8 Å². The van der Waals surface area contributed by atoms with Crippen LogP contribution in [0.5, 0.6) is 0 Å². The lowest BCUT2D eigenvalue weighted by molar-refractivity contribution is -0.152. The number of hydrogen-bond donors (Lipinski definition) is 0. The van der Waals surface area contributed by atoms with Gasteiger partial charge in [0.1, 0.15) is 0 Å². The van der Waals surface area contributed by atoms with Crippen molar-refractivity contribution in [3.63, 3.8) is 0 Å². The molecule has 0 spiro atoms. The largest absolute Gasteiger partial charge is 0.393 e. The van der Waals surface area contributed by atoms with Crippen molar-refractivity contribution in [2.45, 2.75) is 110 Å². The molecule has 0 aromatic heterocycles. The Morgan fingerprint density at radius 3 is 1.72 bits per heavy atom.